The molecule has 3 aromatic rings. The van der Waals surface area contributed by atoms with Gasteiger partial charge in [0.15, 0.2) is 15.6 Å². The van der Waals surface area contributed by atoms with Crippen LogP contribution in [0.2, 0.25) is 5.02 Å². The Morgan fingerprint density at radius 3 is 2.43 bits per heavy atom. The predicted octanol–water partition coefficient (Wildman–Crippen LogP) is 3.85. The zero-order valence-corrected chi connectivity index (χ0v) is 17.9. The number of hydrogen-bond donors (Lipinski definition) is 1. The van der Waals surface area contributed by atoms with Crippen LogP contribution in [0.1, 0.15) is 21.9 Å². The van der Waals surface area contributed by atoms with Crippen LogP contribution in [0.4, 0.5) is 0 Å². The third-order valence-corrected chi connectivity index (χ3v) is 6.23. The second-order valence-corrected chi connectivity index (χ2v) is 8.77. The fourth-order valence-electron chi connectivity index (χ4n) is 2.75. The van der Waals surface area contributed by atoms with Crippen molar-refractivity contribution in [1.82, 2.24) is 5.32 Å². The molecule has 0 fully saturated rings. The zero-order valence-electron chi connectivity index (χ0n) is 16.3. The molecule has 1 amide bonds. The molecule has 1 aromatic heterocycles. The van der Waals surface area contributed by atoms with E-state index in [1.165, 1.54) is 43.5 Å². The van der Waals surface area contributed by atoms with Gasteiger partial charge in [-0.2, -0.15) is 0 Å². The van der Waals surface area contributed by atoms with Gasteiger partial charge < -0.3 is 19.2 Å². The fraction of sp³-hybridized carbons (Fsp3) is 0.190. The van der Waals surface area contributed by atoms with Crippen molar-refractivity contribution in [2.45, 2.75) is 17.2 Å². The predicted molar refractivity (Wildman–Crippen MR) is 112 cm³/mol. The summed E-state index contributed by atoms with van der Waals surface area (Å²) in [6, 6.07) is 14.0. The summed E-state index contributed by atoms with van der Waals surface area (Å²) in [5.74, 6) is 0.557. The quantitative estimate of drug-likeness (QED) is 0.561. The number of nitrogens with one attached hydrogen (secondary N) is 1. The van der Waals surface area contributed by atoms with Gasteiger partial charge in [0.2, 0.25) is 0 Å². The van der Waals surface area contributed by atoms with Crippen LogP contribution >= 0.6 is 11.6 Å². The largest absolute Gasteiger partial charge is 0.497 e. The molecule has 0 unspecified atom stereocenters. The van der Waals surface area contributed by atoms with Crippen molar-refractivity contribution in [1.29, 1.82) is 0 Å². The third kappa shape index (κ3) is 5.14. The lowest BCUT2D eigenvalue weighted by Gasteiger charge is -2.10. The summed E-state index contributed by atoms with van der Waals surface area (Å²) >= 11 is 5.80. The Kier molecular flexibility index (Phi) is 6.69. The number of hydrogen-bond acceptors (Lipinski definition) is 6. The number of methoxy groups -OCH3 is 2. The van der Waals surface area contributed by atoms with Crippen LogP contribution in [0.3, 0.4) is 0 Å². The van der Waals surface area contributed by atoms with Crippen LogP contribution in [0, 0.1) is 0 Å². The molecular formula is C21H20ClNO6S. The number of sulfone groups is 1. The summed E-state index contributed by atoms with van der Waals surface area (Å²) in [4.78, 5) is 12.5. The van der Waals surface area contributed by atoms with Crippen molar-refractivity contribution in [3.05, 3.63) is 76.7 Å². The van der Waals surface area contributed by atoms with E-state index < -0.39 is 15.7 Å². The average Bonchev–Trinajstić information content (AvgIpc) is 3.20. The van der Waals surface area contributed by atoms with E-state index in [4.69, 9.17) is 25.5 Å². The van der Waals surface area contributed by atoms with E-state index in [0.29, 0.717) is 16.5 Å². The highest BCUT2D eigenvalue weighted by Crippen LogP contribution is 2.25. The highest BCUT2D eigenvalue weighted by Gasteiger charge is 2.19. The SMILES string of the molecule is COc1ccc(CNC(=O)c2ccc(CS(=O)(=O)c3ccc(Cl)cc3)o2)c(OC)c1. The van der Waals surface area contributed by atoms with Gasteiger partial charge in [-0.25, -0.2) is 8.42 Å². The highest BCUT2D eigenvalue weighted by molar-refractivity contribution is 7.90. The summed E-state index contributed by atoms with van der Waals surface area (Å²) in [6.45, 7) is 0.200. The molecule has 1 N–H and O–H groups in total. The first-order valence-electron chi connectivity index (χ1n) is 8.88. The number of halogens is 1. The lowest BCUT2D eigenvalue weighted by molar-refractivity contribution is 0.0921. The number of ether oxygens (including phenoxy) is 2. The number of rotatable bonds is 8. The number of furan rings is 1. The minimum Gasteiger partial charge on any atom is -0.497 e. The lowest BCUT2D eigenvalue weighted by Crippen LogP contribution is -2.22. The van der Waals surface area contributed by atoms with E-state index in [0.717, 1.165) is 5.56 Å². The Morgan fingerprint density at radius 1 is 1.03 bits per heavy atom. The van der Waals surface area contributed by atoms with Crippen LogP contribution < -0.4 is 14.8 Å². The fourth-order valence-corrected chi connectivity index (χ4v) is 4.12. The lowest BCUT2D eigenvalue weighted by atomic mass is 10.2. The minimum absolute atomic E-state index is 0.0174. The maximum absolute atomic E-state index is 12.5. The van der Waals surface area contributed by atoms with Gasteiger partial charge >= 0.3 is 0 Å². The Morgan fingerprint density at radius 2 is 1.77 bits per heavy atom. The first kappa shape index (κ1) is 21.7. The summed E-state index contributed by atoms with van der Waals surface area (Å²) in [5, 5.41) is 3.17. The normalized spacial score (nSPS) is 11.2. The molecule has 0 radical (unpaired) electrons. The molecule has 0 aliphatic carbocycles. The summed E-state index contributed by atoms with van der Waals surface area (Å²) in [7, 11) is -0.545. The molecular weight excluding hydrogens is 430 g/mol. The summed E-state index contributed by atoms with van der Waals surface area (Å²) < 4.78 is 40.9. The van der Waals surface area contributed by atoms with Gasteiger partial charge in [0.25, 0.3) is 5.91 Å². The standard InChI is InChI=1S/C21H20ClNO6S/c1-27-16-6-3-14(20(11-16)28-2)12-23-21(24)19-10-7-17(29-19)13-30(25,26)18-8-4-15(22)5-9-18/h3-11H,12-13H2,1-2H3,(H,23,24). The van der Waals surface area contributed by atoms with Gasteiger partial charge in [-0.3, -0.25) is 4.79 Å². The Hall–Kier alpha value is -2.97. The molecule has 0 spiro atoms. The number of benzene rings is 2. The van der Waals surface area contributed by atoms with Crippen LogP contribution in [-0.2, 0) is 22.1 Å². The maximum Gasteiger partial charge on any atom is 0.287 e. The number of amides is 1. The van der Waals surface area contributed by atoms with E-state index in [9.17, 15) is 13.2 Å². The molecule has 1 heterocycles. The third-order valence-electron chi connectivity index (χ3n) is 4.32. The van der Waals surface area contributed by atoms with Crippen LogP contribution in [0.15, 0.2) is 63.9 Å². The van der Waals surface area contributed by atoms with Gasteiger partial charge in [-0.1, -0.05) is 11.6 Å². The van der Waals surface area contributed by atoms with Crippen molar-refractivity contribution in [2.24, 2.45) is 0 Å². The van der Waals surface area contributed by atoms with Crippen molar-refractivity contribution in [3.8, 4) is 11.5 Å². The first-order chi connectivity index (χ1) is 14.3. The Balaban J connectivity index is 1.66. The number of carbonyl (C=O) groups excluding carboxylic acids is 1. The summed E-state index contributed by atoms with van der Waals surface area (Å²) in [6.07, 6.45) is 0. The topological polar surface area (TPSA) is 94.8 Å². The van der Waals surface area contributed by atoms with Gasteiger partial charge in [0.1, 0.15) is 23.0 Å². The van der Waals surface area contributed by atoms with E-state index in [1.54, 1.807) is 25.3 Å². The molecule has 9 heteroatoms. The molecule has 0 aliphatic heterocycles. The van der Waals surface area contributed by atoms with Gasteiger partial charge in [0, 0.05) is 23.2 Å². The van der Waals surface area contributed by atoms with Crippen LogP contribution in [-0.4, -0.2) is 28.5 Å². The smallest absolute Gasteiger partial charge is 0.287 e. The molecule has 7 nitrogen and oxygen atoms in total. The molecule has 3 rings (SSSR count). The molecule has 0 bridgehead atoms. The summed E-state index contributed by atoms with van der Waals surface area (Å²) in [5.41, 5.74) is 0.753. The maximum atomic E-state index is 12.5. The minimum atomic E-state index is -3.63. The molecule has 0 saturated carbocycles. The first-order valence-corrected chi connectivity index (χ1v) is 10.9. The van der Waals surface area contributed by atoms with Crippen molar-refractivity contribution >= 4 is 27.3 Å². The van der Waals surface area contributed by atoms with Crippen molar-refractivity contribution < 1.29 is 27.1 Å². The van der Waals surface area contributed by atoms with Crippen LogP contribution in [0.5, 0.6) is 11.5 Å². The zero-order chi connectivity index (χ0) is 21.7. The van der Waals surface area contributed by atoms with Crippen molar-refractivity contribution in [3.63, 3.8) is 0 Å². The second-order valence-electron chi connectivity index (χ2n) is 6.34. The number of carbonyl (C=O) groups is 1. The van der Waals surface area contributed by atoms with Gasteiger partial charge in [-0.05, 0) is 48.5 Å². The average molecular weight is 450 g/mol. The van der Waals surface area contributed by atoms with E-state index in [1.807, 2.05) is 0 Å². The van der Waals surface area contributed by atoms with Crippen molar-refractivity contribution in [2.75, 3.05) is 14.2 Å². The van der Waals surface area contributed by atoms with E-state index in [2.05, 4.69) is 5.32 Å². The molecule has 0 atom stereocenters. The molecule has 158 valence electrons. The molecule has 0 saturated heterocycles. The van der Waals surface area contributed by atoms with Gasteiger partial charge in [-0.15, -0.1) is 0 Å². The molecule has 2 aromatic carbocycles. The monoisotopic (exact) mass is 449 g/mol. The molecule has 0 aliphatic rings. The van der Waals surface area contributed by atoms with Gasteiger partial charge in [0.05, 0.1) is 19.1 Å². The highest BCUT2D eigenvalue weighted by atomic mass is 35.5. The Bertz CT molecular complexity index is 1140. The van der Waals surface area contributed by atoms with E-state index >= 15 is 0 Å². The van der Waals surface area contributed by atoms with Crippen LogP contribution in [0.25, 0.3) is 0 Å². The Labute approximate surface area is 179 Å². The second kappa shape index (κ2) is 9.23. The van der Waals surface area contributed by atoms with E-state index in [-0.39, 0.29) is 28.7 Å². The molecule has 30 heavy (non-hydrogen) atoms.